The lowest BCUT2D eigenvalue weighted by Crippen LogP contribution is -2.45. The topological polar surface area (TPSA) is 46.0 Å². The highest BCUT2D eigenvalue weighted by Gasteiger charge is 2.28. The molecule has 1 N–H and O–H groups in total. The number of fused-ring (bicyclic) bond motifs is 1. The molecule has 8 heteroatoms. The molecular formula is C23H24F3N5. The Kier molecular flexibility index (Phi) is 5.47. The second-order valence-electron chi connectivity index (χ2n) is 7.94. The molecule has 1 fully saturated rings. The number of alkyl halides is 3. The molecule has 4 rings (SSSR count). The van der Waals surface area contributed by atoms with Gasteiger partial charge in [0, 0.05) is 25.0 Å². The number of halogens is 3. The molecule has 0 aliphatic carbocycles. The number of pyridine rings is 1. The predicted octanol–water partition coefficient (Wildman–Crippen LogP) is 4.77. The molecule has 0 bridgehead atoms. The summed E-state index contributed by atoms with van der Waals surface area (Å²) >= 11 is 0. The fourth-order valence-electron chi connectivity index (χ4n) is 3.82. The van der Waals surface area contributed by atoms with Crippen molar-refractivity contribution in [2.24, 2.45) is 5.92 Å². The van der Waals surface area contributed by atoms with Crippen LogP contribution in [0.25, 0.3) is 16.7 Å². The Balaban J connectivity index is 1.76. The number of benzene rings is 1. The lowest BCUT2D eigenvalue weighted by atomic mass is 10.0. The van der Waals surface area contributed by atoms with Crippen molar-refractivity contribution in [2.75, 3.05) is 18.0 Å². The zero-order valence-electron chi connectivity index (χ0n) is 17.3. The molecule has 3 aromatic rings. The van der Waals surface area contributed by atoms with E-state index in [0.29, 0.717) is 29.5 Å². The molecule has 1 saturated heterocycles. The zero-order valence-corrected chi connectivity index (χ0v) is 17.3. The first-order valence-electron chi connectivity index (χ1n) is 10.1. The molecule has 0 amide bonds. The third-order valence-electron chi connectivity index (χ3n) is 5.34. The summed E-state index contributed by atoms with van der Waals surface area (Å²) in [6, 6.07) is 8.24. The van der Waals surface area contributed by atoms with Gasteiger partial charge >= 0.3 is 6.18 Å². The number of allylic oxidation sites excluding steroid dienone is 1. The number of nitrogens with one attached hydrogen (secondary N) is 1. The van der Waals surface area contributed by atoms with Gasteiger partial charge in [-0.1, -0.05) is 32.2 Å². The standard InChI is InChI=1S/C23H24F3N5/c1-4-16(3)28-12-19-21-20(30-13-15(2)14-30)9-10-27-22(21)31(29-19)18-7-5-17(6-8-18)11-23(24,25)26/h4-10,15,28H,1,3,11-14H2,2H3. The van der Waals surface area contributed by atoms with Gasteiger partial charge in [0.1, 0.15) is 0 Å². The molecule has 2 aromatic heterocycles. The number of anilines is 1. The smallest absolute Gasteiger partial charge is 0.380 e. The van der Waals surface area contributed by atoms with Crippen LogP contribution in [0, 0.1) is 5.92 Å². The van der Waals surface area contributed by atoms with Gasteiger partial charge in [-0.15, -0.1) is 0 Å². The molecule has 3 heterocycles. The van der Waals surface area contributed by atoms with Crippen molar-refractivity contribution >= 4 is 16.7 Å². The number of hydrogen-bond acceptors (Lipinski definition) is 4. The molecule has 0 atom stereocenters. The summed E-state index contributed by atoms with van der Waals surface area (Å²) in [6.45, 7) is 12.2. The Hall–Kier alpha value is -3.29. The lowest BCUT2D eigenvalue weighted by Gasteiger charge is -2.39. The average Bonchev–Trinajstić information content (AvgIpc) is 3.08. The van der Waals surface area contributed by atoms with Gasteiger partial charge in [-0.05, 0) is 35.8 Å². The number of rotatable bonds is 7. The fourth-order valence-corrected chi connectivity index (χ4v) is 3.82. The van der Waals surface area contributed by atoms with Gasteiger partial charge in [0.15, 0.2) is 5.65 Å². The Morgan fingerprint density at radius 3 is 2.55 bits per heavy atom. The van der Waals surface area contributed by atoms with Crippen LogP contribution in [0.1, 0.15) is 18.2 Å². The molecule has 0 spiro atoms. The van der Waals surface area contributed by atoms with Gasteiger partial charge in [0.05, 0.1) is 35.4 Å². The second-order valence-corrected chi connectivity index (χ2v) is 7.94. The lowest BCUT2D eigenvalue weighted by molar-refractivity contribution is -0.127. The van der Waals surface area contributed by atoms with Crippen LogP contribution >= 0.6 is 0 Å². The Bertz CT molecular complexity index is 1110. The van der Waals surface area contributed by atoms with Gasteiger partial charge < -0.3 is 10.2 Å². The number of hydrogen-bond donors (Lipinski definition) is 1. The van der Waals surface area contributed by atoms with Gasteiger partial charge in [-0.25, -0.2) is 9.67 Å². The minimum Gasteiger partial charge on any atom is -0.380 e. The molecule has 31 heavy (non-hydrogen) atoms. The van der Waals surface area contributed by atoms with Crippen molar-refractivity contribution in [3.63, 3.8) is 0 Å². The van der Waals surface area contributed by atoms with Crippen LogP contribution in [0.4, 0.5) is 18.9 Å². The third-order valence-corrected chi connectivity index (χ3v) is 5.34. The molecule has 1 aliphatic rings. The quantitative estimate of drug-likeness (QED) is 0.552. The Morgan fingerprint density at radius 2 is 1.94 bits per heavy atom. The fraction of sp³-hybridized carbons (Fsp3) is 0.304. The van der Waals surface area contributed by atoms with Crippen LogP contribution in [0.15, 0.2) is 61.5 Å². The first-order chi connectivity index (χ1) is 14.7. The van der Waals surface area contributed by atoms with Crippen molar-refractivity contribution < 1.29 is 13.2 Å². The molecule has 0 radical (unpaired) electrons. The van der Waals surface area contributed by atoms with E-state index in [-0.39, 0.29) is 5.56 Å². The largest absolute Gasteiger partial charge is 0.393 e. The van der Waals surface area contributed by atoms with E-state index >= 15 is 0 Å². The van der Waals surface area contributed by atoms with Crippen LogP contribution < -0.4 is 10.2 Å². The predicted molar refractivity (Wildman–Crippen MR) is 116 cm³/mol. The highest BCUT2D eigenvalue weighted by atomic mass is 19.4. The van der Waals surface area contributed by atoms with Gasteiger partial charge in [-0.3, -0.25) is 0 Å². The summed E-state index contributed by atoms with van der Waals surface area (Å²) in [5.41, 5.74) is 4.07. The van der Waals surface area contributed by atoms with E-state index in [9.17, 15) is 13.2 Å². The third kappa shape index (κ3) is 4.42. The molecule has 5 nitrogen and oxygen atoms in total. The maximum atomic E-state index is 12.7. The maximum Gasteiger partial charge on any atom is 0.393 e. The van der Waals surface area contributed by atoms with Crippen LogP contribution in [-0.2, 0) is 13.0 Å². The maximum absolute atomic E-state index is 12.7. The van der Waals surface area contributed by atoms with Gasteiger partial charge in [-0.2, -0.15) is 18.3 Å². The summed E-state index contributed by atoms with van der Waals surface area (Å²) < 4.78 is 39.8. The molecule has 0 unspecified atom stereocenters. The van der Waals surface area contributed by atoms with Crippen molar-refractivity contribution in [1.29, 1.82) is 0 Å². The van der Waals surface area contributed by atoms with E-state index in [1.807, 2.05) is 6.07 Å². The van der Waals surface area contributed by atoms with Crippen LogP contribution in [-0.4, -0.2) is 34.0 Å². The minimum absolute atomic E-state index is 0.208. The summed E-state index contributed by atoms with van der Waals surface area (Å²) in [5, 5.41) is 8.88. The van der Waals surface area contributed by atoms with Crippen LogP contribution in [0.2, 0.25) is 0 Å². The molecule has 1 aromatic carbocycles. The van der Waals surface area contributed by atoms with E-state index in [1.165, 1.54) is 12.1 Å². The van der Waals surface area contributed by atoms with Gasteiger partial charge in [0.25, 0.3) is 0 Å². The van der Waals surface area contributed by atoms with E-state index < -0.39 is 12.6 Å². The van der Waals surface area contributed by atoms with Crippen LogP contribution in [0.3, 0.4) is 0 Å². The molecule has 0 saturated carbocycles. The van der Waals surface area contributed by atoms with Crippen molar-refractivity contribution in [1.82, 2.24) is 20.1 Å². The summed E-state index contributed by atoms with van der Waals surface area (Å²) in [4.78, 5) is 6.84. The Labute approximate surface area is 178 Å². The van der Waals surface area contributed by atoms with E-state index in [0.717, 1.165) is 29.9 Å². The molecule has 1 aliphatic heterocycles. The van der Waals surface area contributed by atoms with E-state index in [2.05, 4.69) is 35.3 Å². The Morgan fingerprint density at radius 1 is 1.23 bits per heavy atom. The van der Waals surface area contributed by atoms with Crippen LogP contribution in [0.5, 0.6) is 0 Å². The number of nitrogens with zero attached hydrogens (tertiary/aromatic N) is 4. The highest BCUT2D eigenvalue weighted by Crippen LogP contribution is 2.34. The first-order valence-corrected chi connectivity index (χ1v) is 10.1. The highest BCUT2D eigenvalue weighted by molar-refractivity contribution is 5.93. The minimum atomic E-state index is -4.24. The normalized spacial score (nSPS) is 14.5. The molecular weight excluding hydrogens is 403 g/mol. The van der Waals surface area contributed by atoms with Crippen molar-refractivity contribution in [3.8, 4) is 5.69 Å². The SMILES string of the molecule is C=CC(=C)NCc1nn(-c2ccc(CC(F)(F)F)cc2)c2nccc(N3CC(C)C3)c12. The van der Waals surface area contributed by atoms with Crippen molar-refractivity contribution in [3.05, 3.63) is 72.7 Å². The van der Waals surface area contributed by atoms with E-state index in [1.54, 1.807) is 29.1 Å². The van der Waals surface area contributed by atoms with E-state index in [4.69, 9.17) is 5.10 Å². The summed E-state index contributed by atoms with van der Waals surface area (Å²) in [5.74, 6) is 0.626. The zero-order chi connectivity index (χ0) is 22.2. The second kappa shape index (κ2) is 8.09. The summed E-state index contributed by atoms with van der Waals surface area (Å²) in [7, 11) is 0. The molecule has 162 valence electrons. The monoisotopic (exact) mass is 427 g/mol. The summed E-state index contributed by atoms with van der Waals surface area (Å²) in [6.07, 6.45) is -1.82. The average molecular weight is 427 g/mol. The van der Waals surface area contributed by atoms with Crippen molar-refractivity contribution in [2.45, 2.75) is 26.1 Å². The first kappa shape index (κ1) is 21.0. The number of aromatic nitrogens is 3. The van der Waals surface area contributed by atoms with Gasteiger partial charge in [0.2, 0.25) is 0 Å².